The first-order valence-corrected chi connectivity index (χ1v) is 6.80. The summed E-state index contributed by atoms with van der Waals surface area (Å²) in [6, 6.07) is 10.5. The van der Waals surface area contributed by atoms with E-state index in [1.54, 1.807) is 0 Å². The molecule has 0 aliphatic carbocycles. The number of aromatic amines is 1. The summed E-state index contributed by atoms with van der Waals surface area (Å²) < 4.78 is 0. The van der Waals surface area contributed by atoms with E-state index in [1.807, 2.05) is 12.4 Å². The maximum absolute atomic E-state index is 9.20. The summed E-state index contributed by atoms with van der Waals surface area (Å²) in [4.78, 5) is 10.0. The van der Waals surface area contributed by atoms with Crippen LogP contribution in [-0.4, -0.2) is 21.8 Å². The Bertz CT molecular complexity index is 710. The van der Waals surface area contributed by atoms with Gasteiger partial charge >= 0.3 is 0 Å². The summed E-state index contributed by atoms with van der Waals surface area (Å²) >= 11 is 0. The number of hydrogen-bond acceptors (Lipinski definition) is 3. The Morgan fingerprint density at radius 2 is 1.90 bits per heavy atom. The Labute approximate surface area is 117 Å². The number of fused-ring (bicyclic) bond motifs is 2. The largest absolute Gasteiger partial charge is 0.367 e. The topological polar surface area (TPSA) is 55.2 Å². The van der Waals surface area contributed by atoms with Gasteiger partial charge in [0.25, 0.3) is 0 Å². The number of aliphatic imine (C=N–C) groups is 1. The predicted octanol–water partition coefficient (Wildman–Crippen LogP) is 2.23. The SMILES string of the molecule is N#CC1Cc2c[nH]cc2C(N2Cc3ccccc3C2)=N1. The van der Waals surface area contributed by atoms with Crippen molar-refractivity contribution in [1.29, 1.82) is 5.26 Å². The highest BCUT2D eigenvalue weighted by molar-refractivity contribution is 6.01. The quantitative estimate of drug-likeness (QED) is 0.791. The first-order valence-electron chi connectivity index (χ1n) is 6.80. The van der Waals surface area contributed by atoms with Crippen molar-refractivity contribution in [2.75, 3.05) is 0 Å². The summed E-state index contributed by atoms with van der Waals surface area (Å²) in [6.07, 6.45) is 4.68. The molecule has 20 heavy (non-hydrogen) atoms. The van der Waals surface area contributed by atoms with Crippen LogP contribution in [0.15, 0.2) is 41.7 Å². The van der Waals surface area contributed by atoms with Crippen molar-refractivity contribution >= 4 is 5.84 Å². The molecule has 4 rings (SSSR count). The van der Waals surface area contributed by atoms with Gasteiger partial charge in [-0.1, -0.05) is 24.3 Å². The molecule has 1 atom stereocenters. The van der Waals surface area contributed by atoms with Crippen LogP contribution in [0.4, 0.5) is 0 Å². The zero-order valence-corrected chi connectivity index (χ0v) is 11.0. The molecule has 1 aromatic heterocycles. The number of benzene rings is 1. The summed E-state index contributed by atoms with van der Waals surface area (Å²) in [5.74, 6) is 0.954. The molecule has 0 bridgehead atoms. The fourth-order valence-corrected chi connectivity index (χ4v) is 3.05. The van der Waals surface area contributed by atoms with E-state index >= 15 is 0 Å². The second-order valence-electron chi connectivity index (χ2n) is 5.32. The Morgan fingerprint density at radius 3 is 2.60 bits per heavy atom. The predicted molar refractivity (Wildman–Crippen MR) is 76.1 cm³/mol. The number of hydrogen-bond donors (Lipinski definition) is 1. The molecular formula is C16H14N4. The van der Waals surface area contributed by atoms with Crippen LogP contribution in [0.1, 0.15) is 22.3 Å². The lowest BCUT2D eigenvalue weighted by atomic mass is 10.0. The Hall–Kier alpha value is -2.54. The standard InChI is InChI=1S/C16H14N4/c17-6-14-5-13-7-18-8-15(13)16(19-14)20-9-11-3-1-2-4-12(11)10-20/h1-4,7-8,14,18H,5,9-10H2. The minimum atomic E-state index is -0.267. The van der Waals surface area contributed by atoms with E-state index in [0.717, 1.165) is 24.5 Å². The van der Waals surface area contributed by atoms with Crippen LogP contribution in [0.3, 0.4) is 0 Å². The molecule has 0 fully saturated rings. The molecule has 98 valence electrons. The van der Waals surface area contributed by atoms with E-state index in [0.29, 0.717) is 6.42 Å². The normalized spacial score (nSPS) is 20.1. The molecule has 1 N–H and O–H groups in total. The molecule has 0 radical (unpaired) electrons. The third kappa shape index (κ3) is 1.64. The summed E-state index contributed by atoms with van der Waals surface area (Å²) in [5.41, 5.74) is 5.04. The van der Waals surface area contributed by atoms with Crippen molar-refractivity contribution in [3.05, 3.63) is 58.9 Å². The molecule has 2 aromatic rings. The van der Waals surface area contributed by atoms with Gasteiger partial charge in [-0.05, 0) is 16.7 Å². The molecule has 0 spiro atoms. The van der Waals surface area contributed by atoms with E-state index in [1.165, 1.54) is 16.7 Å². The molecule has 2 aliphatic heterocycles. The Balaban J connectivity index is 1.73. The first-order chi connectivity index (χ1) is 9.85. The molecule has 1 unspecified atom stereocenters. The van der Waals surface area contributed by atoms with Crippen LogP contribution in [0.25, 0.3) is 0 Å². The van der Waals surface area contributed by atoms with Gasteiger partial charge in [0.1, 0.15) is 11.9 Å². The third-order valence-corrected chi connectivity index (χ3v) is 4.05. The minimum Gasteiger partial charge on any atom is -0.367 e. The maximum atomic E-state index is 9.20. The lowest BCUT2D eigenvalue weighted by molar-refractivity contribution is 0.442. The van der Waals surface area contributed by atoms with Crippen molar-refractivity contribution in [2.45, 2.75) is 25.6 Å². The lowest BCUT2D eigenvalue weighted by Crippen LogP contribution is -2.31. The summed E-state index contributed by atoms with van der Waals surface area (Å²) in [7, 11) is 0. The number of nitrogens with zero attached hydrogens (tertiary/aromatic N) is 3. The Morgan fingerprint density at radius 1 is 1.15 bits per heavy atom. The van der Waals surface area contributed by atoms with E-state index in [4.69, 9.17) is 0 Å². The molecule has 3 heterocycles. The number of nitrogens with one attached hydrogen (secondary N) is 1. The molecule has 2 aliphatic rings. The van der Waals surface area contributed by atoms with Crippen molar-refractivity contribution in [3.63, 3.8) is 0 Å². The van der Waals surface area contributed by atoms with Crippen molar-refractivity contribution in [1.82, 2.24) is 9.88 Å². The molecule has 0 saturated heterocycles. The molecule has 1 aromatic carbocycles. The van der Waals surface area contributed by atoms with Gasteiger partial charge < -0.3 is 9.88 Å². The minimum absolute atomic E-state index is 0.267. The number of nitriles is 1. The second-order valence-corrected chi connectivity index (χ2v) is 5.32. The average Bonchev–Trinajstić information content (AvgIpc) is 3.12. The fraction of sp³-hybridized carbons (Fsp3) is 0.250. The number of aromatic nitrogens is 1. The highest BCUT2D eigenvalue weighted by atomic mass is 15.2. The van der Waals surface area contributed by atoms with Crippen LogP contribution in [0.5, 0.6) is 0 Å². The third-order valence-electron chi connectivity index (χ3n) is 4.05. The van der Waals surface area contributed by atoms with Gasteiger partial charge in [0, 0.05) is 37.5 Å². The number of amidine groups is 1. The van der Waals surface area contributed by atoms with Gasteiger partial charge in [0.15, 0.2) is 0 Å². The van der Waals surface area contributed by atoms with Gasteiger partial charge in [0.2, 0.25) is 0 Å². The van der Waals surface area contributed by atoms with Crippen molar-refractivity contribution < 1.29 is 0 Å². The van der Waals surface area contributed by atoms with Gasteiger partial charge in [-0.15, -0.1) is 0 Å². The smallest absolute Gasteiger partial charge is 0.143 e. The zero-order chi connectivity index (χ0) is 13.5. The van der Waals surface area contributed by atoms with Crippen LogP contribution in [0.2, 0.25) is 0 Å². The van der Waals surface area contributed by atoms with Crippen molar-refractivity contribution in [2.24, 2.45) is 4.99 Å². The average molecular weight is 262 g/mol. The summed E-state index contributed by atoms with van der Waals surface area (Å²) in [6.45, 7) is 1.75. The number of H-pyrrole nitrogens is 1. The van der Waals surface area contributed by atoms with Crippen molar-refractivity contribution in [3.8, 4) is 6.07 Å². The van der Waals surface area contributed by atoms with Gasteiger partial charge in [-0.3, -0.25) is 0 Å². The van der Waals surface area contributed by atoms with E-state index in [2.05, 4.69) is 45.2 Å². The Kier molecular flexibility index (Phi) is 2.40. The van der Waals surface area contributed by atoms with Crippen LogP contribution < -0.4 is 0 Å². The molecule has 0 saturated carbocycles. The lowest BCUT2D eigenvalue weighted by Gasteiger charge is -2.25. The maximum Gasteiger partial charge on any atom is 0.143 e. The van der Waals surface area contributed by atoms with Gasteiger partial charge in [0.05, 0.1) is 6.07 Å². The molecule has 4 nitrogen and oxygen atoms in total. The zero-order valence-electron chi connectivity index (χ0n) is 11.0. The van der Waals surface area contributed by atoms with E-state index < -0.39 is 0 Å². The van der Waals surface area contributed by atoms with Gasteiger partial charge in [-0.25, -0.2) is 4.99 Å². The second kappa shape index (κ2) is 4.24. The van der Waals surface area contributed by atoms with E-state index in [-0.39, 0.29) is 6.04 Å². The highest BCUT2D eigenvalue weighted by Crippen LogP contribution is 2.28. The van der Waals surface area contributed by atoms with Gasteiger partial charge in [-0.2, -0.15) is 5.26 Å². The molecule has 4 heteroatoms. The summed E-state index contributed by atoms with van der Waals surface area (Å²) in [5, 5.41) is 9.20. The highest BCUT2D eigenvalue weighted by Gasteiger charge is 2.28. The number of rotatable bonds is 0. The molecular weight excluding hydrogens is 248 g/mol. The van der Waals surface area contributed by atoms with Crippen LogP contribution in [0, 0.1) is 11.3 Å². The van der Waals surface area contributed by atoms with Crippen LogP contribution in [-0.2, 0) is 19.5 Å². The fourth-order valence-electron chi connectivity index (χ4n) is 3.05. The monoisotopic (exact) mass is 262 g/mol. The molecule has 0 amide bonds. The van der Waals surface area contributed by atoms with E-state index in [9.17, 15) is 5.26 Å². The van der Waals surface area contributed by atoms with Crippen LogP contribution >= 0.6 is 0 Å². The first kappa shape index (κ1) is 11.3.